The number of piperazine rings is 1. The Morgan fingerprint density at radius 3 is 2.29 bits per heavy atom. The predicted octanol–water partition coefficient (Wildman–Crippen LogP) is 2.11. The van der Waals surface area contributed by atoms with Gasteiger partial charge in [-0.3, -0.25) is 4.90 Å². The molecule has 0 radical (unpaired) electrons. The van der Waals surface area contributed by atoms with E-state index in [0.29, 0.717) is 6.04 Å². The van der Waals surface area contributed by atoms with E-state index in [1.165, 1.54) is 11.3 Å². The Morgan fingerprint density at radius 2 is 1.76 bits per heavy atom. The van der Waals surface area contributed by atoms with Gasteiger partial charge in [-0.15, -0.1) is 0 Å². The third-order valence-corrected chi connectivity index (χ3v) is 3.66. The Bertz CT molecular complexity index is 379. The molecule has 1 heterocycles. The molecule has 0 aromatic heterocycles. The van der Waals surface area contributed by atoms with Gasteiger partial charge in [0.05, 0.1) is 0 Å². The van der Waals surface area contributed by atoms with Gasteiger partial charge in [0, 0.05) is 43.6 Å². The van der Waals surface area contributed by atoms with Crippen LogP contribution in [-0.4, -0.2) is 37.1 Å². The summed E-state index contributed by atoms with van der Waals surface area (Å²) >= 11 is 0. The molecule has 1 aliphatic rings. The molecule has 3 nitrogen and oxygen atoms in total. The number of hydrogen-bond acceptors (Lipinski definition) is 3. The van der Waals surface area contributed by atoms with Crippen LogP contribution >= 0.6 is 0 Å². The zero-order valence-electron chi connectivity index (χ0n) is 11.1. The number of aryl methyl sites for hydroxylation is 1. The van der Waals surface area contributed by atoms with E-state index in [1.807, 2.05) is 6.07 Å². The van der Waals surface area contributed by atoms with Crippen LogP contribution in [0.4, 0.5) is 11.4 Å². The lowest BCUT2D eigenvalue weighted by atomic mass is 10.1. The van der Waals surface area contributed by atoms with Crippen LogP contribution in [0.3, 0.4) is 0 Å². The van der Waals surface area contributed by atoms with E-state index in [2.05, 4.69) is 42.7 Å². The van der Waals surface area contributed by atoms with Crippen LogP contribution in [0.5, 0.6) is 0 Å². The van der Waals surface area contributed by atoms with E-state index in [9.17, 15) is 0 Å². The van der Waals surface area contributed by atoms with Crippen molar-refractivity contribution < 1.29 is 0 Å². The molecular formula is C14H23N3. The van der Waals surface area contributed by atoms with E-state index in [-0.39, 0.29) is 0 Å². The Kier molecular flexibility index (Phi) is 3.57. The highest BCUT2D eigenvalue weighted by molar-refractivity contribution is 5.58. The summed E-state index contributed by atoms with van der Waals surface area (Å²) in [6.07, 6.45) is 0. The summed E-state index contributed by atoms with van der Waals surface area (Å²) in [7, 11) is 0. The van der Waals surface area contributed by atoms with Crippen molar-refractivity contribution in [1.82, 2.24) is 4.90 Å². The largest absolute Gasteiger partial charge is 0.399 e. The van der Waals surface area contributed by atoms with Crippen molar-refractivity contribution in [2.45, 2.75) is 26.8 Å². The molecule has 0 amide bonds. The van der Waals surface area contributed by atoms with Crippen LogP contribution in [0.25, 0.3) is 0 Å². The first kappa shape index (κ1) is 12.2. The molecule has 17 heavy (non-hydrogen) atoms. The number of anilines is 2. The van der Waals surface area contributed by atoms with Crippen LogP contribution in [0.15, 0.2) is 18.2 Å². The van der Waals surface area contributed by atoms with Crippen LogP contribution in [0.2, 0.25) is 0 Å². The fraction of sp³-hybridized carbons (Fsp3) is 0.571. The Morgan fingerprint density at radius 1 is 1.12 bits per heavy atom. The molecule has 1 aromatic carbocycles. The minimum atomic E-state index is 0.658. The summed E-state index contributed by atoms with van der Waals surface area (Å²) in [5.41, 5.74) is 9.22. The zero-order valence-corrected chi connectivity index (χ0v) is 11.1. The van der Waals surface area contributed by atoms with Gasteiger partial charge in [-0.2, -0.15) is 0 Å². The first-order valence-electron chi connectivity index (χ1n) is 6.43. The Balaban J connectivity index is 2.03. The van der Waals surface area contributed by atoms with Crippen molar-refractivity contribution in [1.29, 1.82) is 0 Å². The highest BCUT2D eigenvalue weighted by atomic mass is 15.3. The number of benzene rings is 1. The van der Waals surface area contributed by atoms with Gasteiger partial charge in [0.1, 0.15) is 0 Å². The molecule has 1 aromatic rings. The van der Waals surface area contributed by atoms with E-state index in [0.717, 1.165) is 31.9 Å². The van der Waals surface area contributed by atoms with Gasteiger partial charge in [0.25, 0.3) is 0 Å². The predicted molar refractivity (Wildman–Crippen MR) is 74.5 cm³/mol. The summed E-state index contributed by atoms with van der Waals surface area (Å²) in [5.74, 6) is 0. The average Bonchev–Trinajstić information content (AvgIpc) is 2.33. The highest BCUT2D eigenvalue weighted by Gasteiger charge is 2.18. The lowest BCUT2D eigenvalue weighted by molar-refractivity contribution is 0.209. The van der Waals surface area contributed by atoms with Gasteiger partial charge in [-0.1, -0.05) is 0 Å². The molecule has 2 rings (SSSR count). The van der Waals surface area contributed by atoms with E-state index in [1.54, 1.807) is 0 Å². The molecule has 94 valence electrons. The summed E-state index contributed by atoms with van der Waals surface area (Å²) in [4.78, 5) is 4.98. The quantitative estimate of drug-likeness (QED) is 0.794. The monoisotopic (exact) mass is 233 g/mol. The molecule has 0 spiro atoms. The third kappa shape index (κ3) is 2.72. The smallest absolute Gasteiger partial charge is 0.0371 e. The molecule has 0 saturated carbocycles. The van der Waals surface area contributed by atoms with Crippen LogP contribution in [-0.2, 0) is 0 Å². The maximum atomic E-state index is 5.85. The summed E-state index contributed by atoms with van der Waals surface area (Å²) in [6, 6.07) is 7.00. The molecule has 1 saturated heterocycles. The van der Waals surface area contributed by atoms with Crippen molar-refractivity contribution in [2.75, 3.05) is 36.8 Å². The molecule has 0 unspecified atom stereocenters. The summed E-state index contributed by atoms with van der Waals surface area (Å²) in [5, 5.41) is 0. The first-order chi connectivity index (χ1) is 8.08. The van der Waals surface area contributed by atoms with Crippen molar-refractivity contribution in [3.05, 3.63) is 23.8 Å². The van der Waals surface area contributed by atoms with Crippen LogP contribution < -0.4 is 10.6 Å². The number of nitrogens with two attached hydrogens (primary N) is 1. The first-order valence-corrected chi connectivity index (χ1v) is 6.43. The summed E-state index contributed by atoms with van der Waals surface area (Å²) < 4.78 is 0. The lowest BCUT2D eigenvalue weighted by Crippen LogP contribution is -2.48. The highest BCUT2D eigenvalue weighted by Crippen LogP contribution is 2.22. The molecule has 0 bridgehead atoms. The minimum absolute atomic E-state index is 0.658. The molecule has 1 aliphatic heterocycles. The zero-order chi connectivity index (χ0) is 12.4. The maximum Gasteiger partial charge on any atom is 0.0371 e. The number of rotatable bonds is 2. The van der Waals surface area contributed by atoms with Gasteiger partial charge in [0.15, 0.2) is 0 Å². The van der Waals surface area contributed by atoms with Crippen molar-refractivity contribution in [3.8, 4) is 0 Å². The second-order valence-electron chi connectivity index (χ2n) is 5.16. The maximum absolute atomic E-state index is 5.85. The fourth-order valence-corrected chi connectivity index (χ4v) is 2.35. The van der Waals surface area contributed by atoms with E-state index in [4.69, 9.17) is 5.73 Å². The molecule has 2 N–H and O–H groups in total. The normalized spacial score (nSPS) is 17.8. The van der Waals surface area contributed by atoms with Gasteiger partial charge >= 0.3 is 0 Å². The lowest BCUT2D eigenvalue weighted by Gasteiger charge is -2.38. The van der Waals surface area contributed by atoms with Crippen molar-refractivity contribution >= 4 is 11.4 Å². The Labute approximate surface area is 104 Å². The summed E-state index contributed by atoms with van der Waals surface area (Å²) in [6.45, 7) is 11.1. The number of hydrogen-bond donors (Lipinski definition) is 1. The second kappa shape index (κ2) is 4.96. The van der Waals surface area contributed by atoms with Gasteiger partial charge in [-0.25, -0.2) is 0 Å². The van der Waals surface area contributed by atoms with Gasteiger partial charge in [-0.05, 0) is 44.5 Å². The number of nitrogen functional groups attached to an aromatic ring is 1. The fourth-order valence-electron chi connectivity index (χ4n) is 2.35. The van der Waals surface area contributed by atoms with Crippen LogP contribution in [0, 0.1) is 6.92 Å². The van der Waals surface area contributed by atoms with Gasteiger partial charge in [0.2, 0.25) is 0 Å². The molecule has 0 aliphatic carbocycles. The van der Waals surface area contributed by atoms with E-state index >= 15 is 0 Å². The SMILES string of the molecule is Cc1cc(N2CCN(C(C)C)CC2)ccc1N. The Hall–Kier alpha value is -1.22. The van der Waals surface area contributed by atoms with Crippen molar-refractivity contribution in [2.24, 2.45) is 0 Å². The third-order valence-electron chi connectivity index (χ3n) is 3.66. The van der Waals surface area contributed by atoms with E-state index < -0.39 is 0 Å². The molecular weight excluding hydrogens is 210 g/mol. The van der Waals surface area contributed by atoms with Crippen LogP contribution in [0.1, 0.15) is 19.4 Å². The molecule has 3 heteroatoms. The van der Waals surface area contributed by atoms with Gasteiger partial charge < -0.3 is 10.6 Å². The number of nitrogens with zero attached hydrogens (tertiary/aromatic N) is 2. The van der Waals surface area contributed by atoms with Crippen molar-refractivity contribution in [3.63, 3.8) is 0 Å². The molecule has 0 atom stereocenters. The molecule has 1 fully saturated rings. The average molecular weight is 233 g/mol. The topological polar surface area (TPSA) is 32.5 Å². The minimum Gasteiger partial charge on any atom is -0.399 e. The standard InChI is InChI=1S/C14H23N3/c1-11(2)16-6-8-17(9-7-16)13-4-5-14(15)12(3)10-13/h4-5,10-11H,6-9,15H2,1-3H3. The second-order valence-corrected chi connectivity index (χ2v) is 5.16.